The second-order valence-corrected chi connectivity index (χ2v) is 7.67. The number of methoxy groups -OCH3 is 1. The summed E-state index contributed by atoms with van der Waals surface area (Å²) in [7, 11) is 1.55. The number of hydrogen-bond donors (Lipinski definition) is 4. The molecule has 0 spiro atoms. The molecule has 1 aromatic carbocycles. The molecule has 1 atom stereocenters. The molecule has 3 rings (SSSR count). The lowest BCUT2D eigenvalue weighted by atomic mass is 9.92. The van der Waals surface area contributed by atoms with Gasteiger partial charge in [-0.05, 0) is 36.8 Å². The molecule has 4 N–H and O–H groups in total. The molecule has 2 aliphatic rings. The second kappa shape index (κ2) is 9.38. The number of amides is 3. The van der Waals surface area contributed by atoms with Gasteiger partial charge in [0.15, 0.2) is 5.11 Å². The Morgan fingerprint density at radius 1 is 1.38 bits per heavy atom. The van der Waals surface area contributed by atoms with Gasteiger partial charge >= 0.3 is 6.03 Å². The first-order chi connectivity index (χ1) is 13.9. The lowest BCUT2D eigenvalue weighted by molar-refractivity contribution is -0.908. The van der Waals surface area contributed by atoms with Crippen molar-refractivity contribution in [1.29, 1.82) is 0 Å². The molecule has 0 radical (unpaired) electrons. The van der Waals surface area contributed by atoms with E-state index in [0.717, 1.165) is 44.3 Å². The van der Waals surface area contributed by atoms with Crippen LogP contribution in [0.1, 0.15) is 18.9 Å². The molecule has 1 aromatic rings. The van der Waals surface area contributed by atoms with Gasteiger partial charge in [0.2, 0.25) is 0 Å². The lowest BCUT2D eigenvalue weighted by Crippen LogP contribution is -3.14. The van der Waals surface area contributed by atoms with E-state index in [4.69, 9.17) is 21.7 Å². The highest BCUT2D eigenvalue weighted by Gasteiger charge is 2.49. The monoisotopic (exact) mass is 422 g/mol. The molecule has 0 unspecified atom stereocenters. The average Bonchev–Trinajstić information content (AvgIpc) is 2.96. The van der Waals surface area contributed by atoms with Gasteiger partial charge in [0.25, 0.3) is 5.91 Å². The van der Waals surface area contributed by atoms with Crippen molar-refractivity contribution in [3.63, 3.8) is 0 Å². The molecule has 0 saturated carbocycles. The molecule has 0 bridgehead atoms. The predicted molar refractivity (Wildman–Crippen MR) is 110 cm³/mol. The summed E-state index contributed by atoms with van der Waals surface area (Å²) >= 11 is 5.25. The Morgan fingerprint density at radius 3 is 2.86 bits per heavy atom. The number of ether oxygens (including phenoxy) is 2. The molecule has 2 heterocycles. The van der Waals surface area contributed by atoms with E-state index in [-0.39, 0.29) is 5.11 Å². The van der Waals surface area contributed by atoms with Gasteiger partial charge in [0.1, 0.15) is 24.4 Å². The molecule has 2 saturated heterocycles. The maximum Gasteiger partial charge on any atom is 0.344 e. The van der Waals surface area contributed by atoms with Crippen LogP contribution in [-0.2, 0) is 15.1 Å². The van der Waals surface area contributed by atoms with Gasteiger partial charge < -0.3 is 25.0 Å². The highest BCUT2D eigenvalue weighted by atomic mass is 32.1. The van der Waals surface area contributed by atoms with Crippen LogP contribution in [-0.4, -0.2) is 68.6 Å². The fraction of sp³-hybridized carbons (Fsp3) is 0.526. The summed E-state index contributed by atoms with van der Waals surface area (Å²) in [4.78, 5) is 26.9. The van der Waals surface area contributed by atoms with Crippen molar-refractivity contribution in [3.05, 3.63) is 29.8 Å². The topological polar surface area (TPSA) is 96.4 Å². The van der Waals surface area contributed by atoms with Crippen LogP contribution >= 0.6 is 12.2 Å². The van der Waals surface area contributed by atoms with Crippen LogP contribution in [0.3, 0.4) is 0 Å². The SMILES string of the molecule is COc1cccc([C@@]2(C)NC(=O)N(NC(=S)NCCC[NH+]3CCOCC3)C2=O)c1. The highest BCUT2D eigenvalue weighted by Crippen LogP contribution is 2.30. The van der Waals surface area contributed by atoms with E-state index >= 15 is 0 Å². The Balaban J connectivity index is 1.52. The van der Waals surface area contributed by atoms with Crippen LogP contribution in [0.15, 0.2) is 24.3 Å². The lowest BCUT2D eigenvalue weighted by Gasteiger charge is -2.24. The van der Waals surface area contributed by atoms with E-state index in [9.17, 15) is 9.59 Å². The van der Waals surface area contributed by atoms with Crippen molar-refractivity contribution in [2.24, 2.45) is 0 Å². The summed E-state index contributed by atoms with van der Waals surface area (Å²) in [5.74, 6) is 0.175. The smallest absolute Gasteiger partial charge is 0.344 e. The molecule has 0 aliphatic carbocycles. The molecule has 9 nitrogen and oxygen atoms in total. The zero-order valence-electron chi connectivity index (χ0n) is 16.7. The summed E-state index contributed by atoms with van der Waals surface area (Å²) in [5.41, 5.74) is 2.14. The van der Waals surface area contributed by atoms with Crippen LogP contribution in [0.25, 0.3) is 0 Å². The average molecular weight is 423 g/mol. The number of rotatable bonds is 7. The fourth-order valence-electron chi connectivity index (χ4n) is 3.46. The van der Waals surface area contributed by atoms with Gasteiger partial charge in [0, 0.05) is 13.0 Å². The van der Waals surface area contributed by atoms with Gasteiger partial charge in [-0.2, -0.15) is 5.01 Å². The number of quaternary nitrogens is 1. The summed E-state index contributed by atoms with van der Waals surface area (Å²) in [6, 6.07) is 6.50. The maximum atomic E-state index is 12.9. The van der Waals surface area contributed by atoms with Gasteiger partial charge in [-0.1, -0.05) is 12.1 Å². The third-order valence-electron chi connectivity index (χ3n) is 5.24. The maximum absolute atomic E-state index is 12.9. The largest absolute Gasteiger partial charge is 0.497 e. The highest BCUT2D eigenvalue weighted by molar-refractivity contribution is 7.80. The van der Waals surface area contributed by atoms with Crippen molar-refractivity contribution in [3.8, 4) is 5.75 Å². The van der Waals surface area contributed by atoms with Crippen LogP contribution in [0.4, 0.5) is 4.79 Å². The van der Waals surface area contributed by atoms with Crippen LogP contribution < -0.4 is 25.7 Å². The Kier molecular flexibility index (Phi) is 6.88. The van der Waals surface area contributed by atoms with E-state index in [1.807, 2.05) is 0 Å². The van der Waals surface area contributed by atoms with Crippen LogP contribution in [0.5, 0.6) is 5.75 Å². The molecule has 2 aliphatic heterocycles. The third kappa shape index (κ3) is 4.95. The van der Waals surface area contributed by atoms with E-state index in [1.165, 1.54) is 4.90 Å². The van der Waals surface area contributed by atoms with Crippen LogP contribution in [0.2, 0.25) is 0 Å². The summed E-state index contributed by atoms with van der Waals surface area (Å²) in [6.45, 7) is 7.00. The van der Waals surface area contributed by atoms with Gasteiger partial charge in [-0.25, -0.2) is 4.79 Å². The minimum atomic E-state index is -1.20. The van der Waals surface area contributed by atoms with Crippen molar-refractivity contribution in [2.45, 2.75) is 18.9 Å². The Morgan fingerprint density at radius 2 is 2.14 bits per heavy atom. The summed E-state index contributed by atoms with van der Waals surface area (Å²) in [5, 5.41) is 6.94. The van der Waals surface area contributed by atoms with E-state index < -0.39 is 17.5 Å². The van der Waals surface area contributed by atoms with Crippen molar-refractivity contribution in [1.82, 2.24) is 21.1 Å². The molecular weight excluding hydrogens is 394 g/mol. The van der Waals surface area contributed by atoms with Gasteiger partial charge in [-0.15, -0.1) is 0 Å². The first-order valence-electron chi connectivity index (χ1n) is 9.71. The van der Waals surface area contributed by atoms with Crippen molar-refractivity contribution < 1.29 is 24.0 Å². The first kappa shape index (κ1) is 21.3. The number of hydrogen-bond acceptors (Lipinski definition) is 5. The quantitative estimate of drug-likeness (QED) is 0.258. The molecule has 29 heavy (non-hydrogen) atoms. The number of morpholine rings is 1. The van der Waals surface area contributed by atoms with E-state index in [0.29, 0.717) is 17.9 Å². The van der Waals surface area contributed by atoms with Gasteiger partial charge in [0.05, 0.1) is 26.9 Å². The molecular formula is C19H28N5O4S+. The summed E-state index contributed by atoms with van der Waals surface area (Å²) < 4.78 is 10.6. The Labute approximate surface area is 175 Å². The molecule has 0 aromatic heterocycles. The number of carbonyl (C=O) groups is 2. The second-order valence-electron chi connectivity index (χ2n) is 7.26. The minimum Gasteiger partial charge on any atom is -0.497 e. The molecule has 158 valence electrons. The molecule has 3 amide bonds. The Bertz CT molecular complexity index is 771. The van der Waals surface area contributed by atoms with E-state index in [2.05, 4.69) is 16.1 Å². The number of thiocarbonyl (C=S) groups is 1. The number of nitrogens with one attached hydrogen (secondary N) is 4. The van der Waals surface area contributed by atoms with Crippen molar-refractivity contribution >= 4 is 29.3 Å². The first-order valence-corrected chi connectivity index (χ1v) is 10.1. The normalized spacial score (nSPS) is 22.3. The fourth-order valence-corrected chi connectivity index (χ4v) is 3.66. The molecule has 2 fully saturated rings. The van der Waals surface area contributed by atoms with Gasteiger partial charge in [-0.3, -0.25) is 10.2 Å². The molecule has 10 heteroatoms. The third-order valence-corrected chi connectivity index (χ3v) is 5.48. The zero-order valence-corrected chi connectivity index (χ0v) is 17.6. The standard InChI is InChI=1S/C19H27N5O4S/c1-19(14-5-3-6-15(13-14)27-2)16(25)24(18(26)21-19)22-17(29)20-7-4-8-23-9-11-28-12-10-23/h3,5-6,13H,4,7-12H2,1-2H3,(H,21,26)(H2,20,22,29)/p+1/t19-/m1/s1. The zero-order chi connectivity index (χ0) is 20.9. The predicted octanol–water partition coefficient (Wildman–Crippen LogP) is -0.853. The number of benzene rings is 1. The number of hydrazine groups is 1. The minimum absolute atomic E-state index is 0.236. The van der Waals surface area contributed by atoms with E-state index in [1.54, 1.807) is 38.3 Å². The van der Waals surface area contributed by atoms with Crippen molar-refractivity contribution in [2.75, 3.05) is 46.5 Å². The number of nitrogens with zero attached hydrogens (tertiary/aromatic N) is 1. The number of urea groups is 1. The number of imide groups is 1. The Hall–Kier alpha value is -2.43. The van der Waals surface area contributed by atoms with Crippen LogP contribution in [0, 0.1) is 0 Å². The number of carbonyl (C=O) groups excluding carboxylic acids is 2. The summed E-state index contributed by atoms with van der Waals surface area (Å²) in [6.07, 6.45) is 0.929.